The van der Waals surface area contributed by atoms with Crippen LogP contribution < -0.4 is 0 Å². The molecule has 1 aromatic carbocycles. The largest absolute Gasteiger partial charge is 0.508 e. The number of ketones is 2. The van der Waals surface area contributed by atoms with Gasteiger partial charge in [-0.3, -0.25) is 9.59 Å². The Labute approximate surface area is 254 Å². The van der Waals surface area contributed by atoms with Gasteiger partial charge in [0.15, 0.2) is 6.29 Å². The summed E-state index contributed by atoms with van der Waals surface area (Å²) in [7, 11) is 1.21. The lowest BCUT2D eigenvalue weighted by Crippen LogP contribution is -2.60. The number of aryl methyl sites for hydroxylation is 1. The monoisotopic (exact) mass is 620 g/mol. The summed E-state index contributed by atoms with van der Waals surface area (Å²) >= 11 is 0. The third kappa shape index (κ3) is 8.10. The maximum absolute atomic E-state index is 12.7. The normalized spacial score (nSPS) is 34.0. The summed E-state index contributed by atoms with van der Waals surface area (Å²) in [5.41, 5.74) is 1.03. The van der Waals surface area contributed by atoms with Crippen LogP contribution >= 0.6 is 0 Å². The average Bonchev–Trinajstić information content (AvgIpc) is 3.00. The molecule has 3 heterocycles. The molecule has 4 rings (SSSR count). The Bertz CT molecular complexity index is 1200. The second-order valence-electron chi connectivity index (χ2n) is 11.3. The molecule has 0 bridgehead atoms. The van der Waals surface area contributed by atoms with Crippen molar-refractivity contribution in [1.29, 1.82) is 0 Å². The number of hydrogen-bond donors (Lipinski definition) is 5. The fourth-order valence-electron chi connectivity index (χ4n) is 5.83. The van der Waals surface area contributed by atoms with Crippen molar-refractivity contribution in [3.8, 4) is 5.75 Å². The molecule has 13 heteroatoms. The molecule has 5 N–H and O–H groups in total. The predicted molar refractivity (Wildman–Crippen MR) is 151 cm³/mol. The van der Waals surface area contributed by atoms with E-state index >= 15 is 0 Å². The number of methoxy groups -OCH3 is 1. The van der Waals surface area contributed by atoms with Crippen molar-refractivity contribution in [2.75, 3.05) is 13.7 Å². The van der Waals surface area contributed by atoms with Crippen LogP contribution in [0.4, 0.5) is 0 Å². The predicted octanol–water partition coefficient (Wildman–Crippen LogP) is 0.439. The molecule has 44 heavy (non-hydrogen) atoms. The zero-order valence-corrected chi connectivity index (χ0v) is 24.4. The van der Waals surface area contributed by atoms with Gasteiger partial charge in [0, 0.05) is 37.5 Å². The Kier molecular flexibility index (Phi) is 11.7. The molecular formula is C31H40O13. The first-order valence-electron chi connectivity index (χ1n) is 14.5. The Hall–Kier alpha value is -3.17. The van der Waals surface area contributed by atoms with Crippen molar-refractivity contribution in [2.45, 2.75) is 87.7 Å². The quantitative estimate of drug-likeness (QED) is 0.159. The number of ether oxygens (including phenoxy) is 5. The number of carbonyl (C=O) groups is 3. The molecule has 0 radical (unpaired) electrons. The zero-order valence-electron chi connectivity index (χ0n) is 24.4. The summed E-state index contributed by atoms with van der Waals surface area (Å²) in [6.07, 6.45) is -6.44. The molecule has 3 aliphatic heterocycles. The lowest BCUT2D eigenvalue weighted by Gasteiger charge is -2.43. The lowest BCUT2D eigenvalue weighted by atomic mass is 9.78. The number of esters is 1. The highest BCUT2D eigenvalue weighted by Crippen LogP contribution is 2.39. The molecule has 0 aromatic heterocycles. The van der Waals surface area contributed by atoms with Crippen molar-refractivity contribution in [2.24, 2.45) is 11.8 Å². The second kappa shape index (κ2) is 15.2. The molecule has 2 saturated heterocycles. The topological polar surface area (TPSA) is 199 Å². The number of Topliss-reactive ketones (excluding diaryl/α,β-unsaturated/α-hetero) is 2. The van der Waals surface area contributed by atoms with Gasteiger partial charge < -0.3 is 49.2 Å². The Morgan fingerprint density at radius 1 is 1.02 bits per heavy atom. The Morgan fingerprint density at radius 2 is 1.73 bits per heavy atom. The van der Waals surface area contributed by atoms with E-state index < -0.39 is 73.6 Å². The number of hydrogen-bond acceptors (Lipinski definition) is 13. The van der Waals surface area contributed by atoms with E-state index in [1.54, 1.807) is 24.3 Å². The van der Waals surface area contributed by atoms with Crippen LogP contribution in [0.1, 0.15) is 37.7 Å². The lowest BCUT2D eigenvalue weighted by molar-refractivity contribution is -0.339. The molecule has 0 aliphatic carbocycles. The number of phenolic OH excluding ortho intramolecular Hbond substituents is 1. The van der Waals surface area contributed by atoms with Crippen LogP contribution in [0.3, 0.4) is 0 Å². The minimum absolute atomic E-state index is 0.0432. The number of aliphatic hydroxyl groups excluding tert-OH is 4. The van der Waals surface area contributed by atoms with Crippen LogP contribution in [0.25, 0.3) is 0 Å². The van der Waals surface area contributed by atoms with Crippen molar-refractivity contribution in [1.82, 2.24) is 0 Å². The number of phenols is 1. The van der Waals surface area contributed by atoms with E-state index in [2.05, 4.69) is 6.58 Å². The molecule has 0 saturated carbocycles. The van der Waals surface area contributed by atoms with Crippen LogP contribution in [0.2, 0.25) is 0 Å². The fourth-order valence-corrected chi connectivity index (χ4v) is 5.83. The number of aliphatic hydroxyl groups is 4. The Balaban J connectivity index is 1.44. The van der Waals surface area contributed by atoms with Gasteiger partial charge in [-0.1, -0.05) is 18.2 Å². The average molecular weight is 621 g/mol. The Morgan fingerprint density at radius 3 is 2.39 bits per heavy atom. The summed E-state index contributed by atoms with van der Waals surface area (Å²) in [5, 5.41) is 49.7. The van der Waals surface area contributed by atoms with Crippen LogP contribution in [0.15, 0.2) is 48.8 Å². The standard InChI is InChI=1S/C31H40O13/c1-3-22-23(13-21-12-19(35)11-20(42-21)10-18(34)9-6-16-4-7-17(33)8-5-16)24(29(39)40-2)15-41-30(22)44-31-28(38)27(37)26(36)25(14-32)43-31/h3-5,7-8,15,20-23,25-28,30-33,36-38H,1,6,9-14H2,2H3/t20-,21+,22+,23+,25+,26+,27-,28+,30-,31-/m0/s1. The van der Waals surface area contributed by atoms with Gasteiger partial charge in [0.2, 0.25) is 6.29 Å². The van der Waals surface area contributed by atoms with E-state index in [1.165, 1.54) is 13.2 Å². The zero-order chi connectivity index (χ0) is 32.0. The maximum Gasteiger partial charge on any atom is 0.337 e. The minimum atomic E-state index is -1.68. The highest BCUT2D eigenvalue weighted by atomic mass is 16.8. The first kappa shape index (κ1) is 33.7. The highest BCUT2D eigenvalue weighted by Gasteiger charge is 2.48. The summed E-state index contributed by atoms with van der Waals surface area (Å²) in [6.45, 7) is 3.20. The molecule has 242 valence electrons. The number of carbonyl (C=O) groups excluding carboxylic acids is 3. The van der Waals surface area contributed by atoms with E-state index in [0.717, 1.165) is 11.8 Å². The van der Waals surface area contributed by atoms with Crippen molar-refractivity contribution < 1.29 is 63.6 Å². The third-order valence-electron chi connectivity index (χ3n) is 8.21. The van der Waals surface area contributed by atoms with Crippen molar-refractivity contribution in [3.05, 3.63) is 54.3 Å². The molecule has 1 aromatic rings. The van der Waals surface area contributed by atoms with Crippen molar-refractivity contribution in [3.63, 3.8) is 0 Å². The molecule has 13 nitrogen and oxygen atoms in total. The summed E-state index contributed by atoms with van der Waals surface area (Å²) < 4.78 is 28.1. The first-order chi connectivity index (χ1) is 21.0. The molecular weight excluding hydrogens is 580 g/mol. The van der Waals surface area contributed by atoms with Crippen LogP contribution in [-0.2, 0) is 44.5 Å². The number of rotatable bonds is 12. The smallest absolute Gasteiger partial charge is 0.337 e. The SMILES string of the molecule is C=C[C@H]1[C@H](O[C@@H]2O[C@H](CO)[C@@H](O)[C@H](O)[C@H]2O)OC=C(C(=O)OC)[C@@H]1C[C@H]1CC(=O)C[C@H](CC(=O)CCc2ccc(O)cc2)O1. The van der Waals surface area contributed by atoms with Gasteiger partial charge >= 0.3 is 5.97 Å². The highest BCUT2D eigenvalue weighted by molar-refractivity contribution is 5.89. The summed E-state index contributed by atoms with van der Waals surface area (Å²) in [4.78, 5) is 38.2. The van der Waals surface area contributed by atoms with E-state index in [1.807, 2.05) is 0 Å². The van der Waals surface area contributed by atoms with Gasteiger partial charge in [0.05, 0.1) is 37.8 Å². The van der Waals surface area contributed by atoms with Crippen LogP contribution in [0.5, 0.6) is 5.75 Å². The molecule has 0 unspecified atom stereocenters. The molecule has 0 amide bonds. The third-order valence-corrected chi connectivity index (χ3v) is 8.21. The minimum Gasteiger partial charge on any atom is -0.508 e. The molecule has 2 fully saturated rings. The van der Waals surface area contributed by atoms with Gasteiger partial charge in [-0.2, -0.15) is 0 Å². The van der Waals surface area contributed by atoms with Gasteiger partial charge in [0.25, 0.3) is 0 Å². The molecule has 0 spiro atoms. The van der Waals surface area contributed by atoms with E-state index in [0.29, 0.717) is 6.42 Å². The molecule has 3 aliphatic rings. The van der Waals surface area contributed by atoms with Gasteiger partial charge in [-0.25, -0.2) is 4.79 Å². The number of aromatic hydroxyl groups is 1. The van der Waals surface area contributed by atoms with E-state index in [4.69, 9.17) is 23.7 Å². The van der Waals surface area contributed by atoms with Crippen molar-refractivity contribution >= 4 is 17.5 Å². The van der Waals surface area contributed by atoms with E-state index in [-0.39, 0.29) is 55.0 Å². The van der Waals surface area contributed by atoms with Crippen LogP contribution in [0, 0.1) is 11.8 Å². The fraction of sp³-hybridized carbons (Fsp3) is 0.581. The second-order valence-corrected chi connectivity index (χ2v) is 11.3. The van der Waals surface area contributed by atoms with Gasteiger partial charge in [0.1, 0.15) is 41.7 Å². The van der Waals surface area contributed by atoms with Crippen LogP contribution in [-0.4, -0.2) is 106 Å². The van der Waals surface area contributed by atoms with Gasteiger partial charge in [-0.05, 0) is 30.5 Å². The number of benzene rings is 1. The maximum atomic E-state index is 12.7. The van der Waals surface area contributed by atoms with E-state index in [9.17, 15) is 39.9 Å². The first-order valence-corrected chi connectivity index (χ1v) is 14.5. The van der Waals surface area contributed by atoms with Gasteiger partial charge in [-0.15, -0.1) is 6.58 Å². The molecule has 10 atom stereocenters. The summed E-state index contributed by atoms with van der Waals surface area (Å²) in [6, 6.07) is 6.58. The summed E-state index contributed by atoms with van der Waals surface area (Å²) in [5.74, 6) is -2.15.